The number of hydrogen-bond acceptors (Lipinski definition) is 10. The van der Waals surface area contributed by atoms with Crippen LogP contribution >= 0.6 is 23.2 Å². The average Bonchev–Trinajstić information content (AvgIpc) is 3.65. The number of ether oxygens (including phenoxy) is 2. The van der Waals surface area contributed by atoms with Gasteiger partial charge in [0.25, 0.3) is 12.0 Å². The van der Waals surface area contributed by atoms with Crippen LogP contribution < -0.4 is 21.3 Å². The first-order chi connectivity index (χ1) is 24.9. The minimum absolute atomic E-state index is 0.00544. The number of alkyl halides is 2. The van der Waals surface area contributed by atoms with Gasteiger partial charge >= 0.3 is 11.7 Å². The van der Waals surface area contributed by atoms with Crippen LogP contribution in [0, 0.1) is 17.8 Å². The highest BCUT2D eigenvalue weighted by molar-refractivity contribution is 6.39. The molecule has 3 aromatic heterocycles. The van der Waals surface area contributed by atoms with Crippen LogP contribution in [-0.4, -0.2) is 61.8 Å². The van der Waals surface area contributed by atoms with E-state index in [1.54, 1.807) is 31.4 Å². The number of carbonyl (C=O) groups excluding carboxylic acids is 1. The van der Waals surface area contributed by atoms with Gasteiger partial charge in [0.1, 0.15) is 11.2 Å². The van der Waals surface area contributed by atoms with Crippen LogP contribution in [0.15, 0.2) is 58.1 Å². The molecule has 1 unspecified atom stereocenters. The van der Waals surface area contributed by atoms with Gasteiger partial charge in [-0.05, 0) is 30.9 Å². The van der Waals surface area contributed by atoms with Crippen molar-refractivity contribution >= 4 is 51.7 Å². The molecule has 1 saturated heterocycles. The van der Waals surface area contributed by atoms with Gasteiger partial charge in [0.15, 0.2) is 11.5 Å². The summed E-state index contributed by atoms with van der Waals surface area (Å²) >= 11 is 14.0. The van der Waals surface area contributed by atoms with Gasteiger partial charge in [0.2, 0.25) is 5.88 Å². The maximum absolute atomic E-state index is 13.9. The normalized spacial score (nSPS) is 18.1. The van der Waals surface area contributed by atoms with E-state index < -0.39 is 23.5 Å². The van der Waals surface area contributed by atoms with Gasteiger partial charge in [-0.25, -0.2) is 28.5 Å². The zero-order valence-corrected chi connectivity index (χ0v) is 30.0. The number of esters is 1. The van der Waals surface area contributed by atoms with Crippen LogP contribution in [-0.2, 0) is 30.2 Å². The Kier molecular flexibility index (Phi) is 9.48. The number of benzene rings is 2. The molecule has 1 aliphatic carbocycles. The van der Waals surface area contributed by atoms with Crippen LogP contribution in [0.25, 0.3) is 33.4 Å². The Morgan fingerprint density at radius 3 is 2.29 bits per heavy atom. The fourth-order valence-electron chi connectivity index (χ4n) is 7.05. The van der Waals surface area contributed by atoms with E-state index >= 15 is 0 Å². The zero-order valence-electron chi connectivity index (χ0n) is 28.5. The molecule has 0 radical (unpaired) electrons. The smallest absolute Gasteiger partial charge is 0.332 e. The molecular formula is C36H33Cl2F2N7O5. The highest BCUT2D eigenvalue weighted by Crippen LogP contribution is 2.52. The number of likely N-dealkylation sites (tertiary alicyclic amines) is 1. The number of hydrogen-bond donors (Lipinski definition) is 1. The van der Waals surface area contributed by atoms with Crippen molar-refractivity contribution < 1.29 is 23.0 Å². The van der Waals surface area contributed by atoms with Gasteiger partial charge in [-0.1, -0.05) is 59.6 Å². The quantitative estimate of drug-likeness (QED) is 0.170. The molecule has 2 fully saturated rings. The zero-order chi connectivity index (χ0) is 37.0. The fourth-order valence-corrected chi connectivity index (χ4v) is 7.65. The standard InChI is InChI=1S/C36H33Cl2F2N7O5/c1-5-52-35(49)25-21-15-47(16-22(21)25)14-17-12-13-23(42-33(17)51-4)20-10-6-8-18(27(20)37)19-9-7-11-24(28(19)38)41-30-26-32(44-31(43-30)29(39)40)45(2)36(50)46(3)34(26)48/h6-13,21-22,25,29H,5,14-16H2,1-4H3,(H,41,43,44)/t21-,22+,25?. The molecule has 52 heavy (non-hydrogen) atoms. The lowest BCUT2D eigenvalue weighted by atomic mass is 10.00. The van der Waals surface area contributed by atoms with Crippen molar-refractivity contribution in [3.05, 3.63) is 90.8 Å². The first-order valence-electron chi connectivity index (χ1n) is 16.5. The van der Waals surface area contributed by atoms with Crippen molar-refractivity contribution in [3.63, 3.8) is 0 Å². The molecule has 0 amide bonds. The van der Waals surface area contributed by atoms with Crippen molar-refractivity contribution in [2.24, 2.45) is 31.8 Å². The third kappa shape index (κ3) is 6.18. The lowest BCUT2D eigenvalue weighted by Crippen LogP contribution is -2.38. The Morgan fingerprint density at radius 2 is 1.62 bits per heavy atom. The number of rotatable bonds is 10. The topological polar surface area (TPSA) is 133 Å². The molecule has 12 nitrogen and oxygen atoms in total. The number of aryl methyl sites for hydroxylation is 1. The summed E-state index contributed by atoms with van der Waals surface area (Å²) in [5.74, 6) is -0.127. The number of methoxy groups -OCH3 is 1. The fraction of sp³-hybridized carbons (Fsp3) is 0.333. The number of carbonyl (C=O) groups is 1. The third-order valence-electron chi connectivity index (χ3n) is 9.68. The Balaban J connectivity index is 1.18. The third-order valence-corrected chi connectivity index (χ3v) is 10.5. The highest BCUT2D eigenvalue weighted by atomic mass is 35.5. The van der Waals surface area contributed by atoms with Crippen LogP contribution in [0.3, 0.4) is 0 Å². The number of piperidine rings is 1. The van der Waals surface area contributed by atoms with Crippen molar-refractivity contribution in [2.45, 2.75) is 19.9 Å². The van der Waals surface area contributed by atoms with E-state index in [1.165, 1.54) is 14.1 Å². The van der Waals surface area contributed by atoms with E-state index in [0.29, 0.717) is 58.3 Å². The average molecular weight is 753 g/mol. The first kappa shape index (κ1) is 35.5. The molecule has 1 aliphatic heterocycles. The van der Waals surface area contributed by atoms with Crippen molar-refractivity contribution in [1.29, 1.82) is 0 Å². The number of halogens is 4. The number of fused-ring (bicyclic) bond motifs is 2. The second kappa shape index (κ2) is 13.9. The van der Waals surface area contributed by atoms with Crippen LogP contribution in [0.2, 0.25) is 10.0 Å². The Morgan fingerprint density at radius 1 is 0.942 bits per heavy atom. The second-order valence-corrected chi connectivity index (χ2v) is 13.5. The van der Waals surface area contributed by atoms with Crippen molar-refractivity contribution in [2.75, 3.05) is 32.1 Å². The lowest BCUT2D eigenvalue weighted by Gasteiger charge is -2.20. The molecule has 2 aromatic carbocycles. The Hall–Kier alpha value is -4.92. The maximum Gasteiger partial charge on any atom is 0.332 e. The van der Waals surface area contributed by atoms with E-state index in [2.05, 4.69) is 20.2 Å². The van der Waals surface area contributed by atoms with Crippen molar-refractivity contribution in [1.82, 2.24) is 29.0 Å². The van der Waals surface area contributed by atoms with Crippen molar-refractivity contribution in [3.8, 4) is 28.3 Å². The van der Waals surface area contributed by atoms with Crippen LogP contribution in [0.5, 0.6) is 5.88 Å². The van der Waals surface area contributed by atoms with Crippen LogP contribution in [0.4, 0.5) is 20.3 Å². The molecule has 0 spiro atoms. The minimum atomic E-state index is -3.08. The van der Waals surface area contributed by atoms with Gasteiger partial charge in [0, 0.05) is 56.0 Å². The van der Waals surface area contributed by atoms with E-state index in [-0.39, 0.29) is 39.4 Å². The Bertz CT molecular complexity index is 2360. The molecule has 270 valence electrons. The summed E-state index contributed by atoms with van der Waals surface area (Å²) in [4.78, 5) is 52.7. The number of nitrogens with one attached hydrogen (secondary N) is 1. The molecule has 7 rings (SSSR count). The summed E-state index contributed by atoms with van der Waals surface area (Å²) in [5.41, 5.74) is 1.64. The molecule has 0 bridgehead atoms. The predicted molar refractivity (Wildman–Crippen MR) is 192 cm³/mol. The van der Waals surface area contributed by atoms with Gasteiger partial charge in [0.05, 0.1) is 41.1 Å². The summed E-state index contributed by atoms with van der Waals surface area (Å²) in [6, 6.07) is 14.3. The van der Waals surface area contributed by atoms with Gasteiger partial charge in [-0.15, -0.1) is 0 Å². The molecule has 5 aromatic rings. The van der Waals surface area contributed by atoms with Gasteiger partial charge in [-0.2, -0.15) is 0 Å². The number of nitrogens with zero attached hydrogens (tertiary/aromatic N) is 6. The predicted octanol–water partition coefficient (Wildman–Crippen LogP) is 5.99. The molecule has 4 heterocycles. The van der Waals surface area contributed by atoms with E-state index in [1.807, 2.05) is 31.2 Å². The van der Waals surface area contributed by atoms with Gasteiger partial charge < -0.3 is 14.8 Å². The van der Waals surface area contributed by atoms with E-state index in [0.717, 1.165) is 27.8 Å². The monoisotopic (exact) mass is 751 g/mol. The first-order valence-corrected chi connectivity index (χ1v) is 17.2. The lowest BCUT2D eigenvalue weighted by molar-refractivity contribution is -0.145. The maximum atomic E-state index is 13.9. The largest absolute Gasteiger partial charge is 0.481 e. The molecule has 1 saturated carbocycles. The summed E-state index contributed by atoms with van der Waals surface area (Å²) in [5, 5.41) is 3.28. The number of aromatic nitrogens is 5. The SMILES string of the molecule is CCOC(=O)C1[C@H]2CN(Cc3ccc(-c4cccc(-c5cccc(Nc6nc(C(F)F)nc7c6c(=O)n(C)c(=O)n7C)c5Cl)c4Cl)nc3OC)C[C@@H]12. The Labute approximate surface area is 305 Å². The summed E-state index contributed by atoms with van der Waals surface area (Å²) < 4.78 is 40.5. The molecule has 2 aliphatic rings. The molecule has 3 atom stereocenters. The number of anilines is 2. The molecule has 16 heteroatoms. The highest BCUT2D eigenvalue weighted by Gasteiger charge is 2.60. The van der Waals surface area contributed by atoms with Crippen LogP contribution in [0.1, 0.15) is 24.7 Å². The molecular weight excluding hydrogens is 719 g/mol. The summed E-state index contributed by atoms with van der Waals surface area (Å²) in [7, 11) is 4.16. The summed E-state index contributed by atoms with van der Waals surface area (Å²) in [6.45, 7) is 4.43. The van der Waals surface area contributed by atoms with E-state index in [4.69, 9.17) is 37.7 Å². The minimum Gasteiger partial charge on any atom is -0.481 e. The van der Waals surface area contributed by atoms with E-state index in [9.17, 15) is 23.2 Å². The second-order valence-electron chi connectivity index (χ2n) is 12.8. The number of pyridine rings is 1. The molecule has 1 N–H and O–H groups in total. The summed E-state index contributed by atoms with van der Waals surface area (Å²) in [6.07, 6.45) is -3.08. The van der Waals surface area contributed by atoms with Gasteiger partial charge in [-0.3, -0.25) is 23.6 Å².